The van der Waals surface area contributed by atoms with Gasteiger partial charge in [0.1, 0.15) is 61.4 Å². The van der Waals surface area contributed by atoms with Crippen LogP contribution in [-0.2, 0) is 70.3 Å². The minimum absolute atomic E-state index is 0.151. The number of esters is 2. The summed E-state index contributed by atoms with van der Waals surface area (Å²) in [7, 11) is -12.1. The standard InChI is InChI=1S/C73H139N3O26P2/c1-5-9-13-17-21-25-29-33-37-41-52(78)45-59(82)75-63-69(98-61(84)47-54(80)43-39-35-31-27-23-19-15-11-7-3)66(87)58(97-72(63)101-104(92,93)102-73-67(88)65(86)56(74)50-94-73)51-95-71-64(76-60(83)46-53(79)42-38-34-30-26-22-18-14-10-6-2)70(68(57(49-77)96-71)100-103(89,90)91)99-62(85)48-55(81)44-40-36-32-28-24-20-16-12-8-4/h52-58,63-73,77-81,86-88H,5-51,74H2,1-4H3,(H,75,82)(H,76,83)(H,92,93)(H2,89,90,91)/p-2/t52-,53-,54-,55-,56+,57-,58-,63-,64-,65+,66-,67-,68-,69-,70-,71-,72-,73-/m1/s1. The summed E-state index contributed by atoms with van der Waals surface area (Å²) in [5.41, 5.74) is 3.67. The lowest BCUT2D eigenvalue weighted by atomic mass is 9.95. The van der Waals surface area contributed by atoms with Crippen molar-refractivity contribution in [3.63, 3.8) is 0 Å². The number of unbranched alkanes of at least 4 members (excludes halogenated alkanes) is 32. The van der Waals surface area contributed by atoms with Crippen LogP contribution in [0.1, 0.15) is 310 Å². The molecule has 31 heteroatoms. The highest BCUT2D eigenvalue weighted by molar-refractivity contribution is 7.45. The Morgan fingerprint density at radius 3 is 1.15 bits per heavy atom. The summed E-state index contributed by atoms with van der Waals surface area (Å²) < 4.78 is 77.7. The Kier molecular flexibility index (Phi) is 51.5. The summed E-state index contributed by atoms with van der Waals surface area (Å²) in [6, 6.07) is -4.94. The highest BCUT2D eigenvalue weighted by atomic mass is 31.2. The second-order valence-corrected chi connectivity index (χ2v) is 31.6. The Hall–Kier alpha value is -2.42. The maximum atomic E-state index is 14.2. The van der Waals surface area contributed by atoms with E-state index in [2.05, 4.69) is 44.1 Å². The summed E-state index contributed by atoms with van der Waals surface area (Å²) >= 11 is 0. The molecule has 0 aliphatic carbocycles. The maximum Gasteiger partial charge on any atom is 0.308 e. The molecule has 3 rings (SSSR count). The van der Waals surface area contributed by atoms with Crippen molar-refractivity contribution in [2.75, 3.05) is 19.8 Å². The van der Waals surface area contributed by atoms with Gasteiger partial charge in [0.15, 0.2) is 31.1 Å². The molecule has 3 aliphatic rings. The molecule has 3 saturated heterocycles. The molecule has 0 bridgehead atoms. The SMILES string of the molecule is CCCCCCCCCCC[C@@H](O)CC(=O)N[C@H]1[C@H](OC[C@H]2O[C@H](OP(=O)([O-])O[C@H]3OC[C@H]([NH3+])[C@H](O)[C@H]3O)[C@H](NC(=O)C[C@H](O)CCCCCCCCCCC)[C@@H](OC(=O)C[C@H](O)CCCCCCCCCCC)[C@@H]2O)O[C@H](CO)[C@@H](OP(=O)([O-])[O-])[C@@H]1OC(=O)C[C@H](O)CCCCCCCCCCC. The second kappa shape index (κ2) is 55.9. The van der Waals surface area contributed by atoms with E-state index in [1.54, 1.807) is 0 Å². The summed E-state index contributed by atoms with van der Waals surface area (Å²) in [5.74, 6) is -4.28. The topological polar surface area (TPSA) is 468 Å². The van der Waals surface area contributed by atoms with Crippen molar-refractivity contribution in [2.45, 2.75) is 420 Å². The molecule has 0 saturated carbocycles. The Morgan fingerprint density at radius 2 is 0.779 bits per heavy atom. The number of aliphatic hydroxyl groups is 8. The van der Waals surface area contributed by atoms with Crippen molar-refractivity contribution >= 4 is 39.4 Å². The number of nitrogens with one attached hydrogen (secondary N) is 2. The van der Waals surface area contributed by atoms with Crippen LogP contribution in [0, 0.1) is 0 Å². The van der Waals surface area contributed by atoms with E-state index >= 15 is 0 Å². The zero-order chi connectivity index (χ0) is 76.7. The third-order valence-corrected chi connectivity index (χ3v) is 21.1. The smallest absolute Gasteiger partial charge is 0.308 e. The Labute approximate surface area is 619 Å². The van der Waals surface area contributed by atoms with Gasteiger partial charge in [0.05, 0.1) is 71.1 Å². The molecule has 0 aromatic rings. The molecule has 0 spiro atoms. The van der Waals surface area contributed by atoms with Crippen molar-refractivity contribution < 1.29 is 132 Å². The minimum Gasteiger partial charge on any atom is -0.790 e. The molecule has 29 nitrogen and oxygen atoms in total. The van der Waals surface area contributed by atoms with Crippen LogP contribution in [0.4, 0.5) is 0 Å². The zero-order valence-electron chi connectivity index (χ0n) is 63.2. The van der Waals surface area contributed by atoms with Crippen LogP contribution in [0.15, 0.2) is 0 Å². The third kappa shape index (κ3) is 41.6. The van der Waals surface area contributed by atoms with Crippen LogP contribution in [0.25, 0.3) is 0 Å². The summed E-state index contributed by atoms with van der Waals surface area (Å²) in [5, 5.41) is 94.4. The largest absolute Gasteiger partial charge is 0.790 e. The fourth-order valence-corrected chi connectivity index (χ4v) is 15.0. The number of quaternary nitrogens is 1. The van der Waals surface area contributed by atoms with E-state index in [1.807, 2.05) is 0 Å². The van der Waals surface area contributed by atoms with Crippen LogP contribution in [0.5, 0.6) is 0 Å². The van der Waals surface area contributed by atoms with Gasteiger partial charge < -0.3 is 109 Å². The van der Waals surface area contributed by atoms with Crippen molar-refractivity contribution in [1.29, 1.82) is 0 Å². The van der Waals surface area contributed by atoms with E-state index in [0.29, 0.717) is 25.7 Å². The van der Waals surface area contributed by atoms with E-state index < -0.39 is 195 Å². The molecular weight excluding hydrogens is 1400 g/mol. The van der Waals surface area contributed by atoms with Crippen LogP contribution in [0.2, 0.25) is 0 Å². The molecule has 3 aliphatic heterocycles. The number of phosphoric acid groups is 2. The Morgan fingerprint density at radius 1 is 0.442 bits per heavy atom. The molecule has 19 atom stereocenters. The molecule has 1 unspecified atom stereocenters. The van der Waals surface area contributed by atoms with Gasteiger partial charge in [0, 0.05) is 0 Å². The molecule has 2 amide bonds. The highest BCUT2D eigenvalue weighted by Gasteiger charge is 2.54. The number of aliphatic hydroxyl groups excluding tert-OH is 8. The van der Waals surface area contributed by atoms with Gasteiger partial charge in [-0.3, -0.25) is 32.8 Å². The number of phosphoric ester groups is 2. The van der Waals surface area contributed by atoms with E-state index in [0.717, 1.165) is 205 Å². The first-order valence-electron chi connectivity index (χ1n) is 39.9. The molecule has 0 aromatic carbocycles. The molecule has 612 valence electrons. The molecule has 0 radical (unpaired) electrons. The Balaban J connectivity index is 2.10. The fourth-order valence-electron chi connectivity index (χ4n) is 13.5. The average Bonchev–Trinajstić information content (AvgIpc) is 0.781. The predicted molar refractivity (Wildman–Crippen MR) is 381 cm³/mol. The number of carbonyl (C=O) groups excluding carboxylic acids is 4. The number of carbonyl (C=O) groups is 4. The second-order valence-electron chi connectivity index (χ2n) is 29.2. The normalized spacial score (nSPS) is 26.3. The van der Waals surface area contributed by atoms with Gasteiger partial charge in [-0.15, -0.1) is 0 Å². The number of amides is 2. The van der Waals surface area contributed by atoms with Crippen LogP contribution < -0.4 is 31.0 Å². The van der Waals surface area contributed by atoms with Gasteiger partial charge >= 0.3 is 11.9 Å². The lowest BCUT2D eigenvalue weighted by Crippen LogP contribution is -2.74. The van der Waals surface area contributed by atoms with Crippen LogP contribution in [-0.4, -0.2) is 195 Å². The number of ether oxygens (including phenoxy) is 6. The van der Waals surface area contributed by atoms with E-state index in [4.69, 9.17) is 42.0 Å². The summed E-state index contributed by atoms with van der Waals surface area (Å²) in [6.45, 7) is 5.90. The van der Waals surface area contributed by atoms with Gasteiger partial charge in [-0.1, -0.05) is 259 Å². The first-order chi connectivity index (χ1) is 49.8. The third-order valence-electron chi connectivity index (χ3n) is 19.6. The van der Waals surface area contributed by atoms with Gasteiger partial charge in [0.2, 0.25) is 11.8 Å². The van der Waals surface area contributed by atoms with Gasteiger partial charge in [0.25, 0.3) is 7.82 Å². The van der Waals surface area contributed by atoms with Crippen molar-refractivity contribution in [3.8, 4) is 0 Å². The Bertz CT molecular complexity index is 2360. The zero-order valence-corrected chi connectivity index (χ0v) is 64.9. The molecule has 104 heavy (non-hydrogen) atoms. The monoisotopic (exact) mass is 1530 g/mol. The maximum absolute atomic E-state index is 14.2. The van der Waals surface area contributed by atoms with Gasteiger partial charge in [-0.25, -0.2) is 0 Å². The molecule has 3 heterocycles. The number of rotatable bonds is 62. The fraction of sp³-hybridized carbons (Fsp3) is 0.945. The van der Waals surface area contributed by atoms with E-state index in [1.165, 1.54) is 0 Å². The molecule has 3 fully saturated rings. The summed E-state index contributed by atoms with van der Waals surface area (Å²) in [6.07, 6.45) is 5.16. The average molecular weight is 1530 g/mol. The van der Waals surface area contributed by atoms with Crippen LogP contribution in [0.3, 0.4) is 0 Å². The van der Waals surface area contributed by atoms with E-state index in [-0.39, 0.29) is 25.7 Å². The van der Waals surface area contributed by atoms with E-state index in [9.17, 15) is 83.8 Å². The van der Waals surface area contributed by atoms with Gasteiger partial charge in [-0.05, 0) is 25.7 Å². The highest BCUT2D eigenvalue weighted by Crippen LogP contribution is 2.46. The number of hydrogen-bond donors (Lipinski definition) is 11. The molecule has 13 N–H and O–H groups in total. The number of hydrogen-bond acceptors (Lipinski definition) is 26. The molecular formula is C73H137N3O26P2-2. The lowest BCUT2D eigenvalue weighted by molar-refractivity contribution is -0.469. The van der Waals surface area contributed by atoms with Gasteiger partial charge in [-0.2, -0.15) is 0 Å². The summed E-state index contributed by atoms with van der Waals surface area (Å²) in [4.78, 5) is 95.7. The predicted octanol–water partition coefficient (Wildman–Crippen LogP) is 6.69. The first kappa shape index (κ1) is 95.8. The van der Waals surface area contributed by atoms with Crippen LogP contribution >= 0.6 is 15.6 Å². The quantitative estimate of drug-likeness (QED) is 0.0171. The minimum atomic E-state index is -6.12. The molecule has 0 aromatic heterocycles. The lowest BCUT2D eigenvalue weighted by Gasteiger charge is -2.49. The first-order valence-corrected chi connectivity index (χ1v) is 42.8. The van der Waals surface area contributed by atoms with Crippen molar-refractivity contribution in [3.05, 3.63) is 0 Å². The van der Waals surface area contributed by atoms with Crippen molar-refractivity contribution in [2.24, 2.45) is 0 Å². The van der Waals surface area contributed by atoms with Crippen molar-refractivity contribution in [1.82, 2.24) is 10.6 Å².